The van der Waals surface area contributed by atoms with Crippen molar-refractivity contribution >= 4 is 11.9 Å². The van der Waals surface area contributed by atoms with Crippen LogP contribution in [0.4, 0.5) is 0 Å². The zero-order valence-electron chi connectivity index (χ0n) is 14.0. The molecule has 0 saturated carbocycles. The fourth-order valence-corrected chi connectivity index (χ4v) is 1.94. The minimum Gasteiger partial charge on any atom is -0.465 e. The Balaban J connectivity index is 2.28. The van der Waals surface area contributed by atoms with Crippen molar-refractivity contribution in [2.45, 2.75) is 51.4 Å². The standard InChI is InChI=1S/C18H24O6/c1-4-7-15(19)12-18(21)23-13(2)8-5-10-17(20)24-14(3)16-9-6-11-22-16/h4-6,9-11,13-15,19H,1,7-8,12H2,2-3H3/b10-5+/t13-,14-,15+/m0/s1. The minimum absolute atomic E-state index is 0.0806. The zero-order chi connectivity index (χ0) is 17.9. The largest absolute Gasteiger partial charge is 0.465 e. The van der Waals surface area contributed by atoms with E-state index in [4.69, 9.17) is 13.9 Å². The van der Waals surface area contributed by atoms with Crippen molar-refractivity contribution in [2.75, 3.05) is 0 Å². The minimum atomic E-state index is -0.782. The normalized spacial score (nSPS) is 14.8. The number of esters is 2. The molecule has 0 aromatic carbocycles. The van der Waals surface area contributed by atoms with E-state index in [1.54, 1.807) is 38.1 Å². The van der Waals surface area contributed by atoms with Crippen LogP contribution in [0.15, 0.2) is 47.6 Å². The molecule has 1 aromatic heterocycles. The highest BCUT2D eigenvalue weighted by Crippen LogP contribution is 2.17. The molecular weight excluding hydrogens is 312 g/mol. The quantitative estimate of drug-likeness (QED) is 0.401. The van der Waals surface area contributed by atoms with Crippen LogP contribution in [0.2, 0.25) is 0 Å². The predicted octanol–water partition coefficient (Wildman–Crippen LogP) is 3.09. The first-order valence-corrected chi connectivity index (χ1v) is 7.81. The Kier molecular flexibility index (Phi) is 8.57. The van der Waals surface area contributed by atoms with Crippen molar-refractivity contribution in [3.63, 3.8) is 0 Å². The van der Waals surface area contributed by atoms with Crippen molar-refractivity contribution < 1.29 is 28.6 Å². The third kappa shape index (κ3) is 7.78. The lowest BCUT2D eigenvalue weighted by Gasteiger charge is -2.13. The van der Waals surface area contributed by atoms with Crippen LogP contribution in [-0.4, -0.2) is 29.3 Å². The molecule has 0 saturated heterocycles. The van der Waals surface area contributed by atoms with E-state index in [1.165, 1.54) is 12.3 Å². The summed E-state index contributed by atoms with van der Waals surface area (Å²) >= 11 is 0. The first-order chi connectivity index (χ1) is 11.4. The van der Waals surface area contributed by atoms with E-state index in [9.17, 15) is 14.7 Å². The summed E-state index contributed by atoms with van der Waals surface area (Å²) in [6.07, 6.45) is 4.89. The number of aliphatic hydroxyl groups is 1. The predicted molar refractivity (Wildman–Crippen MR) is 88.0 cm³/mol. The Morgan fingerprint density at radius 2 is 2.08 bits per heavy atom. The molecule has 1 heterocycles. The monoisotopic (exact) mass is 336 g/mol. The number of ether oxygens (including phenoxy) is 2. The van der Waals surface area contributed by atoms with Crippen LogP contribution in [-0.2, 0) is 19.1 Å². The Morgan fingerprint density at radius 1 is 1.33 bits per heavy atom. The third-order valence-corrected chi connectivity index (χ3v) is 3.13. The fraction of sp³-hybridized carbons (Fsp3) is 0.444. The maximum Gasteiger partial charge on any atom is 0.331 e. The highest BCUT2D eigenvalue weighted by molar-refractivity contribution is 5.82. The zero-order valence-corrected chi connectivity index (χ0v) is 14.0. The molecule has 1 aromatic rings. The van der Waals surface area contributed by atoms with Crippen LogP contribution < -0.4 is 0 Å². The molecular formula is C18H24O6. The first kappa shape index (κ1) is 19.7. The van der Waals surface area contributed by atoms with Gasteiger partial charge in [-0.2, -0.15) is 0 Å². The molecule has 0 fully saturated rings. The summed E-state index contributed by atoms with van der Waals surface area (Å²) in [7, 11) is 0. The van der Waals surface area contributed by atoms with Gasteiger partial charge in [-0.3, -0.25) is 4.79 Å². The Labute approximate surface area is 141 Å². The molecule has 132 valence electrons. The van der Waals surface area contributed by atoms with E-state index in [2.05, 4.69) is 6.58 Å². The lowest BCUT2D eigenvalue weighted by Crippen LogP contribution is -2.19. The van der Waals surface area contributed by atoms with Crippen molar-refractivity contribution in [3.05, 3.63) is 49.0 Å². The summed E-state index contributed by atoms with van der Waals surface area (Å²) in [6, 6.07) is 3.45. The van der Waals surface area contributed by atoms with Gasteiger partial charge in [0, 0.05) is 12.5 Å². The van der Waals surface area contributed by atoms with Gasteiger partial charge in [-0.15, -0.1) is 6.58 Å². The molecule has 0 aliphatic heterocycles. The maximum atomic E-state index is 11.7. The second-order valence-corrected chi connectivity index (χ2v) is 5.42. The molecule has 6 nitrogen and oxygen atoms in total. The van der Waals surface area contributed by atoms with Gasteiger partial charge in [0.25, 0.3) is 0 Å². The van der Waals surface area contributed by atoms with Crippen LogP contribution in [0.25, 0.3) is 0 Å². The molecule has 0 unspecified atom stereocenters. The van der Waals surface area contributed by atoms with E-state index in [-0.39, 0.29) is 6.42 Å². The summed E-state index contributed by atoms with van der Waals surface area (Å²) in [5.74, 6) is -0.421. The molecule has 0 spiro atoms. The average Bonchev–Trinajstić information content (AvgIpc) is 3.01. The summed E-state index contributed by atoms with van der Waals surface area (Å²) < 4.78 is 15.5. The summed E-state index contributed by atoms with van der Waals surface area (Å²) in [5.41, 5.74) is 0. The molecule has 1 N–H and O–H groups in total. The second-order valence-electron chi connectivity index (χ2n) is 5.42. The third-order valence-electron chi connectivity index (χ3n) is 3.13. The van der Waals surface area contributed by atoms with Gasteiger partial charge in [-0.05, 0) is 32.4 Å². The maximum absolute atomic E-state index is 11.7. The fourth-order valence-electron chi connectivity index (χ4n) is 1.94. The highest BCUT2D eigenvalue weighted by atomic mass is 16.6. The molecule has 0 aliphatic carbocycles. The topological polar surface area (TPSA) is 86.0 Å². The molecule has 6 heteroatoms. The number of carbonyl (C=O) groups excluding carboxylic acids is 2. The Hall–Kier alpha value is -2.34. The van der Waals surface area contributed by atoms with Crippen LogP contribution in [0.5, 0.6) is 0 Å². The number of rotatable bonds is 10. The van der Waals surface area contributed by atoms with Crippen molar-refractivity contribution in [3.8, 4) is 0 Å². The number of furan rings is 1. The van der Waals surface area contributed by atoms with Gasteiger partial charge in [0.1, 0.15) is 11.9 Å². The number of hydrogen-bond acceptors (Lipinski definition) is 6. The second kappa shape index (κ2) is 10.4. The van der Waals surface area contributed by atoms with Gasteiger partial charge in [0.05, 0.1) is 18.8 Å². The van der Waals surface area contributed by atoms with E-state index in [0.29, 0.717) is 18.6 Å². The van der Waals surface area contributed by atoms with E-state index in [0.717, 1.165) is 0 Å². The van der Waals surface area contributed by atoms with Gasteiger partial charge < -0.3 is 19.0 Å². The number of hydrogen-bond donors (Lipinski definition) is 1. The van der Waals surface area contributed by atoms with Crippen molar-refractivity contribution in [1.29, 1.82) is 0 Å². The van der Waals surface area contributed by atoms with E-state index in [1.807, 2.05) is 0 Å². The Bertz CT molecular complexity index is 546. The van der Waals surface area contributed by atoms with Crippen LogP contribution in [0, 0.1) is 0 Å². The molecule has 24 heavy (non-hydrogen) atoms. The average molecular weight is 336 g/mol. The number of carbonyl (C=O) groups is 2. The molecule has 0 bridgehead atoms. The molecule has 0 amide bonds. The van der Waals surface area contributed by atoms with Gasteiger partial charge in [-0.1, -0.05) is 12.2 Å². The van der Waals surface area contributed by atoms with Crippen LogP contribution in [0.1, 0.15) is 45.0 Å². The van der Waals surface area contributed by atoms with Crippen LogP contribution >= 0.6 is 0 Å². The van der Waals surface area contributed by atoms with Crippen molar-refractivity contribution in [1.82, 2.24) is 0 Å². The van der Waals surface area contributed by atoms with Gasteiger partial charge in [-0.25, -0.2) is 4.79 Å². The summed E-state index contributed by atoms with van der Waals surface area (Å²) in [5, 5.41) is 9.49. The van der Waals surface area contributed by atoms with Crippen LogP contribution in [0.3, 0.4) is 0 Å². The van der Waals surface area contributed by atoms with E-state index < -0.39 is 30.3 Å². The Morgan fingerprint density at radius 3 is 2.71 bits per heavy atom. The SMILES string of the molecule is C=CC[C@@H](O)CC(=O)O[C@@H](C)C/C=C/C(=O)O[C@@H](C)c1ccco1. The summed E-state index contributed by atoms with van der Waals surface area (Å²) in [4.78, 5) is 23.2. The molecule has 1 rings (SSSR count). The highest BCUT2D eigenvalue weighted by Gasteiger charge is 2.14. The lowest BCUT2D eigenvalue weighted by molar-refractivity contribution is -0.150. The van der Waals surface area contributed by atoms with Gasteiger partial charge in [0.15, 0.2) is 6.10 Å². The van der Waals surface area contributed by atoms with E-state index >= 15 is 0 Å². The smallest absolute Gasteiger partial charge is 0.331 e. The molecule has 0 aliphatic rings. The molecule has 3 atom stereocenters. The van der Waals surface area contributed by atoms with Gasteiger partial charge in [0.2, 0.25) is 0 Å². The van der Waals surface area contributed by atoms with Crippen molar-refractivity contribution in [2.24, 2.45) is 0 Å². The lowest BCUT2D eigenvalue weighted by atomic mass is 10.2. The van der Waals surface area contributed by atoms with Gasteiger partial charge >= 0.3 is 11.9 Å². The summed E-state index contributed by atoms with van der Waals surface area (Å²) in [6.45, 7) is 6.91. The first-order valence-electron chi connectivity index (χ1n) is 7.81. The number of aliphatic hydroxyl groups excluding tert-OH is 1. The molecule has 0 radical (unpaired) electrons.